The highest BCUT2D eigenvalue weighted by molar-refractivity contribution is 5.82. The Labute approximate surface area is 114 Å². The molecule has 0 spiro atoms. The molecule has 0 bridgehead atoms. The van der Waals surface area contributed by atoms with E-state index >= 15 is 0 Å². The summed E-state index contributed by atoms with van der Waals surface area (Å²) in [5, 5.41) is 3.66. The molecule has 0 aliphatic carbocycles. The third kappa shape index (κ3) is 2.67. The monoisotopic (exact) mass is 261 g/mol. The van der Waals surface area contributed by atoms with Gasteiger partial charge < -0.3 is 4.90 Å². The lowest BCUT2D eigenvalue weighted by molar-refractivity contribution is 0.676. The van der Waals surface area contributed by atoms with Crippen molar-refractivity contribution < 1.29 is 0 Å². The molecule has 2 rings (SSSR count). The van der Waals surface area contributed by atoms with Crippen molar-refractivity contribution in [2.45, 2.75) is 40.2 Å². The van der Waals surface area contributed by atoms with E-state index in [1.807, 2.05) is 23.7 Å². The van der Waals surface area contributed by atoms with Gasteiger partial charge in [-0.05, 0) is 38.0 Å². The van der Waals surface area contributed by atoms with Gasteiger partial charge in [0.25, 0.3) is 5.56 Å². The quantitative estimate of drug-likeness (QED) is 0.868. The number of fused-ring (bicyclic) bond motifs is 1. The molecule has 1 aromatic carbocycles. The Hall–Kier alpha value is -1.71. The van der Waals surface area contributed by atoms with Crippen LogP contribution in [0.4, 0.5) is 5.69 Å². The zero-order valence-corrected chi connectivity index (χ0v) is 12.1. The lowest BCUT2D eigenvalue weighted by Crippen LogP contribution is -2.24. The predicted octanol–water partition coefficient (Wildman–Crippen LogP) is 2.98. The summed E-state index contributed by atoms with van der Waals surface area (Å²) < 4.78 is 1.89. The van der Waals surface area contributed by atoms with Crippen LogP contribution in [0.2, 0.25) is 0 Å². The van der Waals surface area contributed by atoms with Crippen molar-refractivity contribution in [2.24, 2.45) is 0 Å². The topological polar surface area (TPSA) is 41.0 Å². The van der Waals surface area contributed by atoms with Crippen LogP contribution in [-0.2, 0) is 6.54 Å². The minimum Gasteiger partial charge on any atom is -0.372 e. The first-order valence-corrected chi connectivity index (χ1v) is 7.18. The summed E-state index contributed by atoms with van der Waals surface area (Å²) in [6, 6.07) is 6.18. The van der Waals surface area contributed by atoms with Crippen molar-refractivity contribution >= 4 is 16.6 Å². The first-order valence-electron chi connectivity index (χ1n) is 7.18. The molecule has 1 aromatic heterocycles. The standard InChI is InChI=1S/C15H23N3O/c1-4-9-17(10-5-2)12-7-8-14-13(11-12)15(19)16-18(14)6-3/h7-8,11H,4-6,9-10H2,1-3H3,(H,16,19). The number of hydrogen-bond donors (Lipinski definition) is 1. The number of nitrogens with zero attached hydrogens (tertiary/aromatic N) is 2. The fraction of sp³-hybridized carbons (Fsp3) is 0.533. The molecule has 4 nitrogen and oxygen atoms in total. The molecule has 0 saturated carbocycles. The fourth-order valence-corrected chi connectivity index (χ4v) is 2.54. The lowest BCUT2D eigenvalue weighted by Gasteiger charge is -2.23. The lowest BCUT2D eigenvalue weighted by atomic mass is 10.2. The number of benzene rings is 1. The van der Waals surface area contributed by atoms with Gasteiger partial charge in [0.15, 0.2) is 0 Å². The van der Waals surface area contributed by atoms with Gasteiger partial charge >= 0.3 is 0 Å². The van der Waals surface area contributed by atoms with Crippen molar-refractivity contribution in [1.82, 2.24) is 9.78 Å². The molecule has 2 aromatic rings. The van der Waals surface area contributed by atoms with Gasteiger partial charge in [-0.1, -0.05) is 13.8 Å². The van der Waals surface area contributed by atoms with Crippen LogP contribution in [0.3, 0.4) is 0 Å². The molecule has 104 valence electrons. The van der Waals surface area contributed by atoms with E-state index in [-0.39, 0.29) is 5.56 Å². The molecule has 0 aliphatic rings. The van der Waals surface area contributed by atoms with E-state index < -0.39 is 0 Å². The number of aromatic nitrogens is 2. The number of aryl methyl sites for hydroxylation is 1. The first kappa shape index (κ1) is 13.7. The Kier molecular flexibility index (Phi) is 4.30. The predicted molar refractivity (Wildman–Crippen MR) is 81.0 cm³/mol. The molecule has 1 heterocycles. The van der Waals surface area contributed by atoms with Gasteiger partial charge in [0.2, 0.25) is 0 Å². The van der Waals surface area contributed by atoms with Crippen LogP contribution < -0.4 is 10.5 Å². The highest BCUT2D eigenvalue weighted by Gasteiger charge is 2.09. The maximum Gasteiger partial charge on any atom is 0.272 e. The number of nitrogens with one attached hydrogen (secondary N) is 1. The summed E-state index contributed by atoms with van der Waals surface area (Å²) in [4.78, 5) is 14.3. The third-order valence-corrected chi connectivity index (χ3v) is 3.42. The highest BCUT2D eigenvalue weighted by Crippen LogP contribution is 2.20. The van der Waals surface area contributed by atoms with Gasteiger partial charge in [-0.25, -0.2) is 0 Å². The molecule has 0 saturated heterocycles. The molecule has 0 amide bonds. The molecular weight excluding hydrogens is 238 g/mol. The van der Waals surface area contributed by atoms with Crippen molar-refractivity contribution in [3.05, 3.63) is 28.6 Å². The summed E-state index contributed by atoms with van der Waals surface area (Å²) in [6.07, 6.45) is 2.23. The van der Waals surface area contributed by atoms with E-state index in [2.05, 4.69) is 29.9 Å². The van der Waals surface area contributed by atoms with Crippen LogP contribution in [0.25, 0.3) is 10.9 Å². The summed E-state index contributed by atoms with van der Waals surface area (Å²) in [5.41, 5.74) is 2.14. The average Bonchev–Trinajstić information content (AvgIpc) is 2.75. The summed E-state index contributed by atoms with van der Waals surface area (Å²) in [7, 11) is 0. The minimum absolute atomic E-state index is 0.00615. The Morgan fingerprint density at radius 1 is 1.16 bits per heavy atom. The minimum atomic E-state index is 0.00615. The van der Waals surface area contributed by atoms with Gasteiger partial charge in [-0.15, -0.1) is 0 Å². The maximum absolute atomic E-state index is 12.0. The Bertz CT molecular complexity index is 591. The SMILES string of the molecule is CCCN(CCC)c1ccc2c(c1)c(=O)[nH]n2CC. The van der Waals surface area contributed by atoms with Gasteiger partial charge in [0.05, 0.1) is 10.9 Å². The zero-order valence-electron chi connectivity index (χ0n) is 12.1. The number of H-pyrrole nitrogens is 1. The number of aromatic amines is 1. The number of anilines is 1. The molecule has 0 radical (unpaired) electrons. The largest absolute Gasteiger partial charge is 0.372 e. The maximum atomic E-state index is 12.0. The summed E-state index contributed by atoms with van der Waals surface area (Å²) in [6.45, 7) is 9.25. The smallest absolute Gasteiger partial charge is 0.272 e. The zero-order chi connectivity index (χ0) is 13.8. The summed E-state index contributed by atoms with van der Waals surface area (Å²) >= 11 is 0. The van der Waals surface area contributed by atoms with Crippen LogP contribution in [-0.4, -0.2) is 22.9 Å². The van der Waals surface area contributed by atoms with Gasteiger partial charge in [0.1, 0.15) is 0 Å². The normalized spacial score (nSPS) is 11.1. The number of hydrogen-bond acceptors (Lipinski definition) is 2. The van der Waals surface area contributed by atoms with Gasteiger partial charge in [-0.3, -0.25) is 14.6 Å². The highest BCUT2D eigenvalue weighted by atomic mass is 16.1. The van der Waals surface area contributed by atoms with E-state index in [1.54, 1.807) is 0 Å². The van der Waals surface area contributed by atoms with E-state index in [1.165, 1.54) is 0 Å². The van der Waals surface area contributed by atoms with Crippen molar-refractivity contribution in [2.75, 3.05) is 18.0 Å². The van der Waals surface area contributed by atoms with Crippen molar-refractivity contribution in [3.8, 4) is 0 Å². The molecule has 0 atom stereocenters. The van der Waals surface area contributed by atoms with Crippen LogP contribution in [0.1, 0.15) is 33.6 Å². The molecule has 0 aliphatic heterocycles. The molecule has 0 fully saturated rings. The van der Waals surface area contributed by atoms with Crippen LogP contribution in [0, 0.1) is 0 Å². The second-order valence-corrected chi connectivity index (χ2v) is 4.87. The van der Waals surface area contributed by atoms with Crippen LogP contribution >= 0.6 is 0 Å². The Morgan fingerprint density at radius 3 is 2.42 bits per heavy atom. The second-order valence-electron chi connectivity index (χ2n) is 4.87. The van der Waals surface area contributed by atoms with Gasteiger partial charge in [-0.2, -0.15) is 0 Å². The second kappa shape index (κ2) is 5.95. The molecule has 1 N–H and O–H groups in total. The third-order valence-electron chi connectivity index (χ3n) is 3.42. The van der Waals surface area contributed by atoms with Gasteiger partial charge in [0, 0.05) is 25.3 Å². The molecular formula is C15H23N3O. The first-order chi connectivity index (χ1) is 9.21. The van der Waals surface area contributed by atoms with Crippen LogP contribution in [0.5, 0.6) is 0 Å². The van der Waals surface area contributed by atoms with E-state index in [9.17, 15) is 4.79 Å². The molecule has 4 heteroatoms. The van der Waals surface area contributed by atoms with E-state index in [4.69, 9.17) is 0 Å². The van der Waals surface area contributed by atoms with E-state index in [0.717, 1.165) is 49.1 Å². The number of rotatable bonds is 6. The molecule has 19 heavy (non-hydrogen) atoms. The summed E-state index contributed by atoms with van der Waals surface area (Å²) in [5.74, 6) is 0. The fourth-order valence-electron chi connectivity index (χ4n) is 2.54. The van der Waals surface area contributed by atoms with Crippen LogP contribution in [0.15, 0.2) is 23.0 Å². The molecule has 0 unspecified atom stereocenters. The van der Waals surface area contributed by atoms with Crippen molar-refractivity contribution in [3.63, 3.8) is 0 Å². The average molecular weight is 261 g/mol. The Balaban J connectivity index is 2.45. The Morgan fingerprint density at radius 2 is 1.84 bits per heavy atom. The van der Waals surface area contributed by atoms with E-state index in [0.29, 0.717) is 0 Å². The van der Waals surface area contributed by atoms with Crippen molar-refractivity contribution in [1.29, 1.82) is 0 Å².